The zero-order chi connectivity index (χ0) is 29.0. The fraction of sp³-hybridized carbons (Fsp3) is 0.433. The van der Waals surface area contributed by atoms with Gasteiger partial charge in [-0.15, -0.1) is 0 Å². The van der Waals surface area contributed by atoms with E-state index in [-0.39, 0.29) is 47.0 Å². The van der Waals surface area contributed by atoms with Crippen molar-refractivity contribution < 1.29 is 14.0 Å². The van der Waals surface area contributed by atoms with E-state index in [1.165, 1.54) is 15.2 Å². The molecule has 1 aromatic heterocycles. The molecule has 3 amide bonds. The molecular formula is C30H31FN6O4. The number of hydrogen-bond donors (Lipinski definition) is 1. The summed E-state index contributed by atoms with van der Waals surface area (Å²) in [6.45, 7) is 5.05. The summed E-state index contributed by atoms with van der Waals surface area (Å²) in [4.78, 5) is 56.2. The Kier molecular flexibility index (Phi) is 6.64. The van der Waals surface area contributed by atoms with Gasteiger partial charge in [-0.25, -0.2) is 14.0 Å². The number of nitrogens with zero attached hydrogens (tertiary/aromatic N) is 5. The Morgan fingerprint density at radius 3 is 2.63 bits per heavy atom. The van der Waals surface area contributed by atoms with Crippen LogP contribution in [0.1, 0.15) is 67.1 Å². The van der Waals surface area contributed by atoms with Gasteiger partial charge < -0.3 is 15.1 Å². The lowest BCUT2D eigenvalue weighted by Crippen LogP contribution is -2.51. The second kappa shape index (κ2) is 10.2. The molecule has 1 unspecified atom stereocenters. The number of benzene rings is 2. The number of anilines is 1. The van der Waals surface area contributed by atoms with E-state index in [1.54, 1.807) is 41.8 Å². The molecule has 3 aromatic rings. The van der Waals surface area contributed by atoms with E-state index in [1.807, 2.05) is 0 Å². The van der Waals surface area contributed by atoms with E-state index in [0.717, 1.165) is 24.5 Å². The second-order valence-electron chi connectivity index (χ2n) is 11.5. The molecule has 2 aliphatic heterocycles. The number of halogens is 1. The predicted octanol–water partition coefficient (Wildman–Crippen LogP) is 3.82. The molecule has 41 heavy (non-hydrogen) atoms. The topological polar surface area (TPSA) is 120 Å². The summed E-state index contributed by atoms with van der Waals surface area (Å²) in [5.74, 6) is -0.622. The summed E-state index contributed by atoms with van der Waals surface area (Å²) in [6.07, 6.45) is 3.30. The molecule has 1 N–H and O–H groups in total. The van der Waals surface area contributed by atoms with Crippen molar-refractivity contribution in [3.8, 4) is 6.07 Å². The number of amides is 3. The maximum Gasteiger partial charge on any atom is 0.331 e. The van der Waals surface area contributed by atoms with Gasteiger partial charge >= 0.3 is 11.7 Å². The number of hydrogen-bond acceptors (Lipinski definition) is 5. The van der Waals surface area contributed by atoms with Crippen LogP contribution in [0.5, 0.6) is 0 Å². The van der Waals surface area contributed by atoms with E-state index >= 15 is 4.39 Å². The minimum Gasteiger partial charge on any atom is -0.330 e. The van der Waals surface area contributed by atoms with Gasteiger partial charge in [-0.3, -0.25) is 18.7 Å². The van der Waals surface area contributed by atoms with E-state index in [0.29, 0.717) is 43.6 Å². The molecule has 0 bridgehead atoms. The average Bonchev–Trinajstić information content (AvgIpc) is 3.72. The Morgan fingerprint density at radius 1 is 1.15 bits per heavy atom. The first-order chi connectivity index (χ1) is 19.7. The quantitative estimate of drug-likeness (QED) is 0.511. The second-order valence-corrected chi connectivity index (χ2v) is 11.5. The first-order valence-electron chi connectivity index (χ1n) is 14.0. The Balaban J connectivity index is 1.25. The van der Waals surface area contributed by atoms with Crippen LogP contribution in [0.3, 0.4) is 0 Å². The Bertz CT molecular complexity index is 1750. The molecule has 2 aromatic carbocycles. The van der Waals surface area contributed by atoms with Crippen LogP contribution in [0.25, 0.3) is 10.9 Å². The number of likely N-dealkylation sites (tertiary alicyclic amines) is 1. The number of rotatable bonds is 5. The van der Waals surface area contributed by atoms with E-state index in [4.69, 9.17) is 0 Å². The Morgan fingerprint density at radius 2 is 1.93 bits per heavy atom. The standard InChI is InChI=1S/C30H31FN6O4/c1-17(2)37-26-12-24(31)25(11-23(26)28(39)36(30(37)41)14-18-5-6-18)33-29(40)34-9-3-4-21(16-34)35-15-20-8-7-19(13-32)10-22(20)27(35)38/h7-8,10-12,17-18,21H,3-6,9,14-16H2,1-2H3,(H,33,40). The Hall–Kier alpha value is -4.46. The molecule has 1 aliphatic carbocycles. The third-order valence-corrected chi connectivity index (χ3v) is 8.35. The van der Waals surface area contributed by atoms with Crippen molar-refractivity contribution in [2.75, 3.05) is 18.4 Å². The highest BCUT2D eigenvalue weighted by Gasteiger charge is 2.36. The summed E-state index contributed by atoms with van der Waals surface area (Å²) in [7, 11) is 0. The van der Waals surface area contributed by atoms with Crippen molar-refractivity contribution in [2.45, 2.75) is 64.7 Å². The molecule has 3 heterocycles. The SMILES string of the molecule is CC(C)n1c(=O)n(CC2CC2)c(=O)c2cc(NC(=O)N3CCCC(N4Cc5ccc(C#N)cc5C4=O)C3)c(F)cc21. The normalized spacial score (nSPS) is 18.6. The summed E-state index contributed by atoms with van der Waals surface area (Å²) in [5.41, 5.74) is 0.892. The number of nitrogens with one attached hydrogen (secondary N) is 1. The van der Waals surface area contributed by atoms with Crippen LogP contribution in [0.2, 0.25) is 0 Å². The highest BCUT2D eigenvalue weighted by Crippen LogP contribution is 2.31. The zero-order valence-corrected chi connectivity index (χ0v) is 23.0. The van der Waals surface area contributed by atoms with Crippen LogP contribution in [-0.2, 0) is 13.1 Å². The number of piperidine rings is 1. The molecule has 212 valence electrons. The van der Waals surface area contributed by atoms with Gasteiger partial charge in [-0.05, 0) is 69.2 Å². The summed E-state index contributed by atoms with van der Waals surface area (Å²) >= 11 is 0. The smallest absolute Gasteiger partial charge is 0.330 e. The number of carbonyl (C=O) groups is 2. The number of aromatic nitrogens is 2. The van der Waals surface area contributed by atoms with Crippen LogP contribution in [-0.4, -0.2) is 50.0 Å². The van der Waals surface area contributed by atoms with Crippen LogP contribution < -0.4 is 16.6 Å². The first kappa shape index (κ1) is 26.7. The molecule has 2 fully saturated rings. The van der Waals surface area contributed by atoms with Gasteiger partial charge in [0.2, 0.25) is 0 Å². The minimum atomic E-state index is -0.744. The number of urea groups is 1. The maximum absolute atomic E-state index is 15.3. The fourth-order valence-corrected chi connectivity index (χ4v) is 5.99. The third-order valence-electron chi connectivity index (χ3n) is 8.35. The van der Waals surface area contributed by atoms with Crippen molar-refractivity contribution in [2.24, 2.45) is 5.92 Å². The lowest BCUT2D eigenvalue weighted by atomic mass is 10.0. The summed E-state index contributed by atoms with van der Waals surface area (Å²) in [6, 6.07) is 8.55. The molecule has 10 nitrogen and oxygen atoms in total. The van der Waals surface area contributed by atoms with Gasteiger partial charge in [0, 0.05) is 43.9 Å². The lowest BCUT2D eigenvalue weighted by molar-refractivity contribution is 0.0608. The van der Waals surface area contributed by atoms with Crippen LogP contribution in [0, 0.1) is 23.1 Å². The molecular weight excluding hydrogens is 527 g/mol. The number of fused-ring (bicyclic) bond motifs is 2. The van der Waals surface area contributed by atoms with Gasteiger partial charge in [-0.1, -0.05) is 6.07 Å². The summed E-state index contributed by atoms with van der Waals surface area (Å²) in [5, 5.41) is 12.0. The highest BCUT2D eigenvalue weighted by atomic mass is 19.1. The van der Waals surface area contributed by atoms with Crippen molar-refractivity contribution in [3.63, 3.8) is 0 Å². The maximum atomic E-state index is 15.3. The van der Waals surface area contributed by atoms with Crippen molar-refractivity contribution in [3.05, 3.63) is 73.7 Å². The molecule has 6 rings (SSSR count). The largest absolute Gasteiger partial charge is 0.331 e. The first-order valence-corrected chi connectivity index (χ1v) is 14.0. The predicted molar refractivity (Wildman–Crippen MR) is 150 cm³/mol. The molecule has 0 spiro atoms. The van der Waals surface area contributed by atoms with Crippen molar-refractivity contribution in [1.82, 2.24) is 18.9 Å². The highest BCUT2D eigenvalue weighted by molar-refractivity contribution is 5.99. The minimum absolute atomic E-state index is 0.137. The Labute approximate surface area is 235 Å². The average molecular weight is 559 g/mol. The van der Waals surface area contributed by atoms with Gasteiger partial charge in [-0.2, -0.15) is 5.26 Å². The zero-order valence-electron chi connectivity index (χ0n) is 23.0. The van der Waals surface area contributed by atoms with Gasteiger partial charge in [0.05, 0.1) is 34.3 Å². The van der Waals surface area contributed by atoms with E-state index < -0.39 is 23.1 Å². The molecule has 11 heteroatoms. The lowest BCUT2D eigenvalue weighted by Gasteiger charge is -2.37. The molecule has 1 saturated carbocycles. The molecule has 3 aliphatic rings. The van der Waals surface area contributed by atoms with Crippen molar-refractivity contribution in [1.29, 1.82) is 5.26 Å². The van der Waals surface area contributed by atoms with Gasteiger partial charge in [0.25, 0.3) is 11.5 Å². The number of carbonyl (C=O) groups excluding carboxylic acids is 2. The molecule has 1 atom stereocenters. The fourth-order valence-electron chi connectivity index (χ4n) is 5.99. The third kappa shape index (κ3) is 4.77. The molecule has 0 radical (unpaired) electrons. The van der Waals surface area contributed by atoms with Crippen LogP contribution in [0.15, 0.2) is 39.9 Å². The van der Waals surface area contributed by atoms with Crippen molar-refractivity contribution >= 4 is 28.5 Å². The van der Waals surface area contributed by atoms with E-state index in [2.05, 4.69) is 11.4 Å². The molecule has 1 saturated heterocycles. The van der Waals surface area contributed by atoms with E-state index in [9.17, 15) is 24.4 Å². The number of nitriles is 1. The summed E-state index contributed by atoms with van der Waals surface area (Å²) < 4.78 is 18.0. The van der Waals surface area contributed by atoms with Crippen LogP contribution in [0.4, 0.5) is 14.9 Å². The van der Waals surface area contributed by atoms with Gasteiger partial charge in [0.15, 0.2) is 0 Å². The monoisotopic (exact) mass is 558 g/mol. The van der Waals surface area contributed by atoms with Gasteiger partial charge in [0.1, 0.15) is 5.82 Å². The van der Waals surface area contributed by atoms with Crippen LogP contribution >= 0.6 is 0 Å².